The lowest BCUT2D eigenvalue weighted by molar-refractivity contribution is 0.600. The van der Waals surface area contributed by atoms with Crippen LogP contribution in [0.1, 0.15) is 29.2 Å². The van der Waals surface area contributed by atoms with E-state index in [-0.39, 0.29) is 36.3 Å². The van der Waals surface area contributed by atoms with Crippen LogP contribution in [0.25, 0.3) is 10.9 Å². The predicted octanol–water partition coefficient (Wildman–Crippen LogP) is 4.08. The maximum Gasteiger partial charge on any atom is 0.191 e. The molecule has 0 aliphatic heterocycles. The second-order valence-electron chi connectivity index (χ2n) is 7.72. The fraction of sp³-hybridized carbons (Fsp3) is 0.348. The molecule has 2 aromatic carbocycles. The molecule has 1 heterocycles. The van der Waals surface area contributed by atoms with E-state index in [1.165, 1.54) is 41.0 Å². The molecule has 0 fully saturated rings. The van der Waals surface area contributed by atoms with Gasteiger partial charge in [0.25, 0.3) is 0 Å². The van der Waals surface area contributed by atoms with Crippen LogP contribution >= 0.6 is 24.0 Å². The Bertz CT molecular complexity index is 1190. The van der Waals surface area contributed by atoms with Crippen molar-refractivity contribution in [3.8, 4) is 0 Å². The van der Waals surface area contributed by atoms with Gasteiger partial charge in [-0.2, -0.15) is 0 Å². The minimum atomic E-state index is -3.23. The number of halogens is 2. The number of nitrogens with one attached hydrogen (secondary N) is 3. The monoisotopic (exact) mass is 572 g/mol. The van der Waals surface area contributed by atoms with Gasteiger partial charge in [0.2, 0.25) is 0 Å². The first-order chi connectivity index (χ1) is 14.7. The number of sulfone groups is 1. The second-order valence-corrected chi connectivity index (χ2v) is 9.86. The van der Waals surface area contributed by atoms with E-state index in [4.69, 9.17) is 0 Å². The fourth-order valence-corrected chi connectivity index (χ4v) is 4.34. The average Bonchev–Trinajstić information content (AvgIpc) is 3.09. The molecule has 32 heavy (non-hydrogen) atoms. The summed E-state index contributed by atoms with van der Waals surface area (Å²) in [4.78, 5) is 7.84. The van der Waals surface area contributed by atoms with E-state index in [1.807, 2.05) is 13.1 Å². The molecule has 0 aliphatic carbocycles. The summed E-state index contributed by atoms with van der Waals surface area (Å²) in [7, 11) is -3.23. The van der Waals surface area contributed by atoms with Crippen LogP contribution < -0.4 is 10.6 Å². The Morgan fingerprint density at radius 1 is 1.09 bits per heavy atom. The SMILES string of the molecule is CCNC(=NCc1cc(F)ccc1CS(C)(=O)=O)NCCc1c[nH]c2cc(C)ccc12.I. The minimum Gasteiger partial charge on any atom is -0.361 e. The Morgan fingerprint density at radius 3 is 2.59 bits per heavy atom. The van der Waals surface area contributed by atoms with Crippen LogP contribution in [0.3, 0.4) is 0 Å². The van der Waals surface area contributed by atoms with Gasteiger partial charge in [0, 0.05) is 36.4 Å². The van der Waals surface area contributed by atoms with Gasteiger partial charge >= 0.3 is 0 Å². The molecule has 0 unspecified atom stereocenters. The Balaban J connectivity index is 0.00000363. The normalized spacial score (nSPS) is 11.9. The lowest BCUT2D eigenvalue weighted by Crippen LogP contribution is -2.38. The maximum atomic E-state index is 13.7. The van der Waals surface area contributed by atoms with Crippen molar-refractivity contribution < 1.29 is 12.8 Å². The van der Waals surface area contributed by atoms with Crippen molar-refractivity contribution in [2.75, 3.05) is 19.3 Å². The number of benzene rings is 2. The third-order valence-corrected chi connectivity index (χ3v) is 5.78. The average molecular weight is 572 g/mol. The van der Waals surface area contributed by atoms with Gasteiger partial charge in [-0.25, -0.2) is 17.8 Å². The van der Waals surface area contributed by atoms with Gasteiger partial charge in [0.05, 0.1) is 12.3 Å². The van der Waals surface area contributed by atoms with Gasteiger partial charge < -0.3 is 15.6 Å². The molecule has 0 atom stereocenters. The van der Waals surface area contributed by atoms with E-state index < -0.39 is 15.7 Å². The highest BCUT2D eigenvalue weighted by Crippen LogP contribution is 2.20. The lowest BCUT2D eigenvalue weighted by Gasteiger charge is -2.12. The Labute approximate surface area is 206 Å². The molecular weight excluding hydrogens is 542 g/mol. The molecule has 0 amide bonds. The molecule has 3 aromatic rings. The first kappa shape index (κ1) is 26.1. The quantitative estimate of drug-likeness (QED) is 0.216. The second kappa shape index (κ2) is 11.6. The van der Waals surface area contributed by atoms with Gasteiger partial charge in [-0.15, -0.1) is 24.0 Å². The standard InChI is InChI=1S/C23H29FN4O2S.HI/c1-4-25-23(26-10-9-17-13-27-22-11-16(2)5-8-21(17)22)28-14-19-12-20(24)7-6-18(19)15-31(3,29)30;/h5-8,11-13,27H,4,9-10,14-15H2,1-3H3,(H2,25,26,28);1H. The zero-order valence-corrected chi connectivity index (χ0v) is 21.7. The molecule has 0 spiro atoms. The Kier molecular flexibility index (Phi) is 9.50. The molecule has 0 bridgehead atoms. The van der Waals surface area contributed by atoms with Gasteiger partial charge in [0.1, 0.15) is 5.82 Å². The number of rotatable bonds is 8. The summed E-state index contributed by atoms with van der Waals surface area (Å²) in [5.41, 5.74) is 4.69. The van der Waals surface area contributed by atoms with Crippen LogP contribution in [-0.2, 0) is 28.6 Å². The lowest BCUT2D eigenvalue weighted by atomic mass is 10.1. The van der Waals surface area contributed by atoms with Gasteiger partial charge in [0.15, 0.2) is 15.8 Å². The highest BCUT2D eigenvalue weighted by atomic mass is 127. The van der Waals surface area contributed by atoms with Crippen molar-refractivity contribution in [1.29, 1.82) is 0 Å². The van der Waals surface area contributed by atoms with Crippen molar-refractivity contribution >= 4 is 50.7 Å². The van der Waals surface area contributed by atoms with Crippen LogP contribution in [-0.4, -0.2) is 38.7 Å². The van der Waals surface area contributed by atoms with Crippen LogP contribution in [0.15, 0.2) is 47.6 Å². The van der Waals surface area contributed by atoms with Crippen molar-refractivity contribution in [2.45, 2.75) is 32.6 Å². The number of fused-ring (bicyclic) bond motifs is 1. The molecule has 3 rings (SSSR count). The number of aliphatic imine (C=N–C) groups is 1. The molecule has 9 heteroatoms. The molecule has 1 aromatic heterocycles. The molecule has 0 saturated carbocycles. The smallest absolute Gasteiger partial charge is 0.191 e. The number of H-pyrrole nitrogens is 1. The van der Waals surface area contributed by atoms with Crippen molar-refractivity contribution in [2.24, 2.45) is 4.99 Å². The summed E-state index contributed by atoms with van der Waals surface area (Å²) in [5.74, 6) is 0.0602. The van der Waals surface area contributed by atoms with E-state index in [2.05, 4.69) is 45.7 Å². The van der Waals surface area contributed by atoms with Crippen LogP contribution in [0.5, 0.6) is 0 Å². The summed E-state index contributed by atoms with van der Waals surface area (Å²) in [5, 5.41) is 7.69. The van der Waals surface area contributed by atoms with E-state index in [0.29, 0.717) is 30.2 Å². The van der Waals surface area contributed by atoms with E-state index >= 15 is 0 Å². The summed E-state index contributed by atoms with van der Waals surface area (Å²) >= 11 is 0. The number of hydrogen-bond donors (Lipinski definition) is 3. The summed E-state index contributed by atoms with van der Waals surface area (Å²) < 4.78 is 37.1. The largest absolute Gasteiger partial charge is 0.361 e. The van der Waals surface area contributed by atoms with Crippen LogP contribution in [0.2, 0.25) is 0 Å². The van der Waals surface area contributed by atoms with Crippen molar-refractivity contribution in [3.05, 3.63) is 70.7 Å². The number of aromatic nitrogens is 1. The Hall–Kier alpha value is -2.14. The maximum absolute atomic E-state index is 13.7. The summed E-state index contributed by atoms with van der Waals surface area (Å²) in [6.45, 7) is 5.57. The molecule has 0 aliphatic rings. The van der Waals surface area contributed by atoms with Gasteiger partial charge in [-0.1, -0.05) is 18.2 Å². The van der Waals surface area contributed by atoms with Crippen LogP contribution in [0.4, 0.5) is 4.39 Å². The third kappa shape index (κ3) is 7.47. The number of aryl methyl sites for hydroxylation is 1. The number of hydrogen-bond acceptors (Lipinski definition) is 3. The van der Waals surface area contributed by atoms with E-state index in [9.17, 15) is 12.8 Å². The molecule has 3 N–H and O–H groups in total. The first-order valence-electron chi connectivity index (χ1n) is 10.3. The van der Waals surface area contributed by atoms with E-state index in [0.717, 1.165) is 11.9 Å². The minimum absolute atomic E-state index is 0. The molecule has 174 valence electrons. The van der Waals surface area contributed by atoms with E-state index in [1.54, 1.807) is 0 Å². The molecule has 0 radical (unpaired) electrons. The molecule has 6 nitrogen and oxygen atoms in total. The predicted molar refractivity (Wildman–Crippen MR) is 140 cm³/mol. The van der Waals surface area contributed by atoms with Gasteiger partial charge in [-0.3, -0.25) is 0 Å². The fourth-order valence-electron chi connectivity index (χ4n) is 3.49. The first-order valence-corrected chi connectivity index (χ1v) is 12.3. The van der Waals surface area contributed by atoms with Crippen molar-refractivity contribution in [3.63, 3.8) is 0 Å². The summed E-state index contributed by atoms with van der Waals surface area (Å²) in [6, 6.07) is 10.5. The number of guanidine groups is 1. The molecular formula is C23H30FIN4O2S. The highest BCUT2D eigenvalue weighted by molar-refractivity contribution is 14.0. The van der Waals surface area contributed by atoms with Crippen molar-refractivity contribution in [1.82, 2.24) is 15.6 Å². The summed E-state index contributed by atoms with van der Waals surface area (Å²) in [6.07, 6.45) is 4.01. The number of nitrogens with zero attached hydrogens (tertiary/aromatic N) is 1. The molecule has 0 saturated heterocycles. The van der Waals surface area contributed by atoms with Crippen LogP contribution in [0, 0.1) is 12.7 Å². The zero-order chi connectivity index (χ0) is 22.4. The number of aromatic amines is 1. The van der Waals surface area contributed by atoms with Gasteiger partial charge in [-0.05, 0) is 60.7 Å². The highest BCUT2D eigenvalue weighted by Gasteiger charge is 2.11. The topological polar surface area (TPSA) is 86.3 Å². The Morgan fingerprint density at radius 2 is 1.88 bits per heavy atom. The third-order valence-electron chi connectivity index (χ3n) is 4.95. The zero-order valence-electron chi connectivity index (χ0n) is 18.5.